The highest BCUT2D eigenvalue weighted by atomic mass is 16.1. The van der Waals surface area contributed by atoms with Gasteiger partial charge in [0.1, 0.15) is 0 Å². The Kier molecular flexibility index (Phi) is 3.45. The van der Waals surface area contributed by atoms with E-state index in [-0.39, 0.29) is 17.0 Å². The molecule has 22 heavy (non-hydrogen) atoms. The summed E-state index contributed by atoms with van der Waals surface area (Å²) in [6.07, 6.45) is 0.824. The van der Waals surface area contributed by atoms with Crippen molar-refractivity contribution in [1.29, 1.82) is 0 Å². The van der Waals surface area contributed by atoms with Gasteiger partial charge in [-0.25, -0.2) is 0 Å². The second-order valence-electron chi connectivity index (χ2n) is 6.39. The fourth-order valence-corrected chi connectivity index (χ4v) is 3.03. The number of benzene rings is 2. The number of fused-ring (bicyclic) bond motifs is 2. The van der Waals surface area contributed by atoms with Crippen molar-refractivity contribution in [2.75, 3.05) is 6.54 Å². The number of hydrogen-bond acceptors (Lipinski definition) is 3. The minimum absolute atomic E-state index is 0.0735. The van der Waals surface area contributed by atoms with Crippen LogP contribution in [-0.2, 0) is 5.41 Å². The van der Waals surface area contributed by atoms with E-state index in [1.165, 1.54) is 0 Å². The summed E-state index contributed by atoms with van der Waals surface area (Å²) in [6, 6.07) is 12.6. The smallest absolute Gasteiger partial charge is 0.194 e. The largest absolute Gasteiger partial charge is 0.330 e. The maximum Gasteiger partial charge on any atom is 0.194 e. The average molecular weight is 293 g/mol. The van der Waals surface area contributed by atoms with Crippen LogP contribution in [0.3, 0.4) is 0 Å². The van der Waals surface area contributed by atoms with Gasteiger partial charge in [0.2, 0.25) is 0 Å². The minimum Gasteiger partial charge on any atom is -0.330 e. The van der Waals surface area contributed by atoms with E-state index >= 15 is 0 Å². The Morgan fingerprint density at radius 3 is 2.00 bits per heavy atom. The van der Waals surface area contributed by atoms with Crippen LogP contribution in [-0.4, -0.2) is 18.1 Å². The van der Waals surface area contributed by atoms with Crippen LogP contribution in [0.15, 0.2) is 42.5 Å². The SMILES string of the molecule is CC(C)(CCN)c1ccc2c(c1)C(=O)c1ccccc1C2=O. The topological polar surface area (TPSA) is 60.2 Å². The number of ketones is 2. The molecule has 0 atom stereocenters. The number of carbonyl (C=O) groups excluding carboxylic acids is 2. The second-order valence-corrected chi connectivity index (χ2v) is 6.39. The van der Waals surface area contributed by atoms with E-state index < -0.39 is 0 Å². The Hall–Kier alpha value is -2.26. The zero-order chi connectivity index (χ0) is 15.9. The van der Waals surface area contributed by atoms with Crippen molar-refractivity contribution in [2.24, 2.45) is 5.73 Å². The molecule has 3 heteroatoms. The van der Waals surface area contributed by atoms with Gasteiger partial charge in [0.05, 0.1) is 0 Å². The molecule has 0 spiro atoms. The highest BCUT2D eigenvalue weighted by Gasteiger charge is 2.31. The van der Waals surface area contributed by atoms with E-state index in [0.717, 1.165) is 12.0 Å². The van der Waals surface area contributed by atoms with Gasteiger partial charge in [-0.3, -0.25) is 9.59 Å². The van der Waals surface area contributed by atoms with E-state index in [4.69, 9.17) is 5.73 Å². The van der Waals surface area contributed by atoms with Crippen LogP contribution in [0.25, 0.3) is 0 Å². The Morgan fingerprint density at radius 1 is 0.864 bits per heavy atom. The maximum atomic E-state index is 12.7. The fourth-order valence-electron chi connectivity index (χ4n) is 3.03. The molecule has 0 saturated heterocycles. The summed E-state index contributed by atoms with van der Waals surface area (Å²) in [4.78, 5) is 25.3. The molecule has 3 rings (SSSR count). The molecule has 2 aromatic rings. The second kappa shape index (κ2) is 5.18. The van der Waals surface area contributed by atoms with Gasteiger partial charge in [-0.2, -0.15) is 0 Å². The summed E-state index contributed by atoms with van der Waals surface area (Å²) in [7, 11) is 0. The molecule has 0 bridgehead atoms. The molecule has 0 unspecified atom stereocenters. The molecule has 0 fully saturated rings. The summed E-state index contributed by atoms with van der Waals surface area (Å²) in [5.74, 6) is -0.149. The summed E-state index contributed by atoms with van der Waals surface area (Å²) in [5, 5.41) is 0. The third-order valence-electron chi connectivity index (χ3n) is 4.48. The quantitative estimate of drug-likeness (QED) is 0.807. The van der Waals surface area contributed by atoms with Gasteiger partial charge < -0.3 is 5.73 Å². The van der Waals surface area contributed by atoms with Gasteiger partial charge in [0, 0.05) is 22.3 Å². The first-order valence-corrected chi connectivity index (χ1v) is 7.49. The lowest BCUT2D eigenvalue weighted by molar-refractivity contribution is 0.0979. The summed E-state index contributed by atoms with van der Waals surface area (Å²) < 4.78 is 0. The van der Waals surface area contributed by atoms with E-state index in [1.54, 1.807) is 30.3 Å². The van der Waals surface area contributed by atoms with Crippen molar-refractivity contribution >= 4 is 11.6 Å². The molecule has 1 aliphatic carbocycles. The van der Waals surface area contributed by atoms with Crippen LogP contribution in [0.1, 0.15) is 57.7 Å². The molecule has 112 valence electrons. The number of carbonyl (C=O) groups is 2. The number of nitrogens with two attached hydrogens (primary N) is 1. The molecular weight excluding hydrogens is 274 g/mol. The van der Waals surface area contributed by atoms with Gasteiger partial charge >= 0.3 is 0 Å². The van der Waals surface area contributed by atoms with Crippen LogP contribution < -0.4 is 5.73 Å². The number of rotatable bonds is 3. The van der Waals surface area contributed by atoms with Crippen molar-refractivity contribution in [3.8, 4) is 0 Å². The van der Waals surface area contributed by atoms with E-state index in [2.05, 4.69) is 13.8 Å². The first-order chi connectivity index (χ1) is 10.5. The van der Waals surface area contributed by atoms with Gasteiger partial charge in [-0.1, -0.05) is 44.2 Å². The van der Waals surface area contributed by atoms with Crippen molar-refractivity contribution in [2.45, 2.75) is 25.7 Å². The highest BCUT2D eigenvalue weighted by Crippen LogP contribution is 2.32. The molecule has 0 heterocycles. The van der Waals surface area contributed by atoms with Crippen LogP contribution in [0, 0.1) is 0 Å². The predicted octanol–water partition coefficient (Wildman–Crippen LogP) is 3.09. The van der Waals surface area contributed by atoms with Crippen LogP contribution in [0.5, 0.6) is 0 Å². The summed E-state index contributed by atoms with van der Waals surface area (Å²) in [6.45, 7) is 4.79. The molecule has 1 aliphatic rings. The maximum absolute atomic E-state index is 12.7. The van der Waals surface area contributed by atoms with Crippen molar-refractivity contribution in [3.05, 3.63) is 70.3 Å². The van der Waals surface area contributed by atoms with Crippen molar-refractivity contribution in [3.63, 3.8) is 0 Å². The lowest BCUT2D eigenvalue weighted by Crippen LogP contribution is -2.25. The normalized spacial score (nSPS) is 13.8. The molecular formula is C19H19NO2. The zero-order valence-electron chi connectivity index (χ0n) is 12.8. The lowest BCUT2D eigenvalue weighted by Gasteiger charge is -2.26. The Balaban J connectivity index is 2.14. The van der Waals surface area contributed by atoms with Crippen LogP contribution in [0.2, 0.25) is 0 Å². The Bertz CT molecular complexity index is 775. The van der Waals surface area contributed by atoms with E-state index in [9.17, 15) is 9.59 Å². The highest BCUT2D eigenvalue weighted by molar-refractivity contribution is 6.28. The Labute approximate surface area is 130 Å². The molecule has 0 radical (unpaired) electrons. The average Bonchev–Trinajstić information content (AvgIpc) is 2.52. The molecule has 2 aromatic carbocycles. The molecule has 3 nitrogen and oxygen atoms in total. The van der Waals surface area contributed by atoms with Crippen LogP contribution >= 0.6 is 0 Å². The molecule has 0 saturated carbocycles. The van der Waals surface area contributed by atoms with Crippen LogP contribution in [0.4, 0.5) is 0 Å². The monoisotopic (exact) mass is 293 g/mol. The van der Waals surface area contributed by atoms with E-state index in [0.29, 0.717) is 28.8 Å². The third kappa shape index (κ3) is 2.18. The predicted molar refractivity (Wildman–Crippen MR) is 86.4 cm³/mol. The minimum atomic E-state index is -0.121. The molecule has 0 aliphatic heterocycles. The molecule has 0 aromatic heterocycles. The fraction of sp³-hybridized carbons (Fsp3) is 0.263. The molecule has 2 N–H and O–H groups in total. The van der Waals surface area contributed by atoms with Gasteiger partial charge in [-0.05, 0) is 36.1 Å². The van der Waals surface area contributed by atoms with Gasteiger partial charge in [0.25, 0.3) is 0 Å². The summed E-state index contributed by atoms with van der Waals surface area (Å²) in [5.41, 5.74) is 8.59. The lowest BCUT2D eigenvalue weighted by atomic mass is 9.77. The first kappa shape index (κ1) is 14.7. The Morgan fingerprint density at radius 2 is 1.41 bits per heavy atom. The number of hydrogen-bond donors (Lipinski definition) is 1. The van der Waals surface area contributed by atoms with E-state index in [1.807, 2.05) is 12.1 Å². The zero-order valence-corrected chi connectivity index (χ0v) is 12.8. The van der Waals surface area contributed by atoms with Crippen molar-refractivity contribution < 1.29 is 9.59 Å². The third-order valence-corrected chi connectivity index (χ3v) is 4.48. The first-order valence-electron chi connectivity index (χ1n) is 7.49. The van der Waals surface area contributed by atoms with Gasteiger partial charge in [0.15, 0.2) is 11.6 Å². The molecule has 0 amide bonds. The van der Waals surface area contributed by atoms with Crippen molar-refractivity contribution in [1.82, 2.24) is 0 Å². The summed E-state index contributed by atoms with van der Waals surface area (Å²) >= 11 is 0. The standard InChI is InChI=1S/C19H19NO2/c1-19(2,9-10-20)12-7-8-15-16(11-12)18(22)14-6-4-3-5-13(14)17(15)21/h3-8,11H,9-10,20H2,1-2H3. The van der Waals surface area contributed by atoms with Gasteiger partial charge in [-0.15, -0.1) is 0 Å².